The second kappa shape index (κ2) is 5.64. The Morgan fingerprint density at radius 2 is 2.09 bits per heavy atom. The average molecular weight is 316 g/mol. The lowest BCUT2D eigenvalue weighted by atomic mass is 9.88. The molecule has 1 heterocycles. The van der Waals surface area contributed by atoms with Crippen molar-refractivity contribution in [1.29, 1.82) is 0 Å². The van der Waals surface area contributed by atoms with E-state index in [1.165, 1.54) is 13.0 Å². The van der Waals surface area contributed by atoms with Crippen molar-refractivity contribution in [3.8, 4) is 5.75 Å². The van der Waals surface area contributed by atoms with Crippen LogP contribution in [-0.4, -0.2) is 36.1 Å². The van der Waals surface area contributed by atoms with E-state index in [1.807, 2.05) is 0 Å². The van der Waals surface area contributed by atoms with Crippen LogP contribution in [0.4, 0.5) is 13.2 Å². The van der Waals surface area contributed by atoms with Crippen molar-refractivity contribution < 1.29 is 32.5 Å². The van der Waals surface area contributed by atoms with Crippen LogP contribution in [0.25, 0.3) is 6.08 Å². The number of rotatable bonds is 4. The molecule has 0 radical (unpaired) electrons. The van der Waals surface area contributed by atoms with E-state index in [1.54, 1.807) is 19.1 Å². The number of halogens is 3. The molecule has 120 valence electrons. The number of aliphatic carboxylic acids is 1. The van der Waals surface area contributed by atoms with Crippen molar-refractivity contribution >= 4 is 12.0 Å². The van der Waals surface area contributed by atoms with Gasteiger partial charge in [-0.3, -0.25) is 0 Å². The summed E-state index contributed by atoms with van der Waals surface area (Å²) in [5.41, 5.74) is -2.81. The minimum Gasteiger partial charge on any atom is -0.478 e. The molecule has 1 N–H and O–H groups in total. The minimum absolute atomic E-state index is 0.00877. The van der Waals surface area contributed by atoms with Crippen LogP contribution in [0.1, 0.15) is 18.1 Å². The maximum Gasteiger partial charge on any atom is 0.435 e. The van der Waals surface area contributed by atoms with Gasteiger partial charge in [-0.05, 0) is 32.1 Å². The molecule has 1 atom stereocenters. The molecule has 0 amide bonds. The van der Waals surface area contributed by atoms with E-state index in [0.717, 1.165) is 11.6 Å². The smallest absolute Gasteiger partial charge is 0.435 e. The lowest BCUT2D eigenvalue weighted by molar-refractivity contribution is -0.249. The normalized spacial score (nSPS) is 20.9. The van der Waals surface area contributed by atoms with Gasteiger partial charge in [0.1, 0.15) is 12.4 Å². The zero-order chi connectivity index (χ0) is 16.5. The number of carboxylic acids is 1. The number of carbonyl (C=O) groups is 1. The number of hydrogen-bond acceptors (Lipinski definition) is 3. The average Bonchev–Trinajstić information content (AvgIpc) is 2.42. The molecule has 0 fully saturated rings. The van der Waals surface area contributed by atoms with Crippen LogP contribution in [0.5, 0.6) is 5.75 Å². The highest BCUT2D eigenvalue weighted by atomic mass is 19.4. The second-order valence-corrected chi connectivity index (χ2v) is 4.97. The number of benzene rings is 1. The van der Waals surface area contributed by atoms with Crippen LogP contribution in [0.3, 0.4) is 0 Å². The molecule has 1 aliphatic heterocycles. The minimum atomic E-state index is -4.94. The third-order valence-electron chi connectivity index (χ3n) is 3.38. The van der Waals surface area contributed by atoms with Gasteiger partial charge in [-0.2, -0.15) is 13.2 Å². The Bertz CT molecular complexity index is 622. The number of ether oxygens (including phenoxy) is 2. The van der Waals surface area contributed by atoms with Gasteiger partial charge in [0, 0.05) is 12.2 Å². The van der Waals surface area contributed by atoms with E-state index in [9.17, 15) is 23.1 Å². The number of carboxylic acid groups (broad SMARTS) is 1. The fourth-order valence-corrected chi connectivity index (χ4v) is 2.27. The summed E-state index contributed by atoms with van der Waals surface area (Å²) < 4.78 is 50.8. The summed E-state index contributed by atoms with van der Waals surface area (Å²) in [4.78, 5) is 11.4. The standard InChI is InChI=1S/C15H15F3O4/c1-3-21-8-14(15(16,17)18)11(13(19)20)7-10-6-9(2)4-5-12(10)22-14/h4-7H,3,8H2,1-2H3,(H,19,20). The van der Waals surface area contributed by atoms with Crippen molar-refractivity contribution in [3.05, 3.63) is 34.9 Å². The number of fused-ring (bicyclic) bond motifs is 1. The Balaban J connectivity index is 2.63. The van der Waals surface area contributed by atoms with E-state index in [0.29, 0.717) is 5.56 Å². The molecule has 4 nitrogen and oxygen atoms in total. The highest BCUT2D eigenvalue weighted by molar-refractivity contribution is 5.96. The summed E-state index contributed by atoms with van der Waals surface area (Å²) >= 11 is 0. The van der Waals surface area contributed by atoms with Crippen LogP contribution in [-0.2, 0) is 9.53 Å². The van der Waals surface area contributed by atoms with Crippen molar-refractivity contribution in [2.45, 2.75) is 25.6 Å². The summed E-state index contributed by atoms with van der Waals surface area (Å²) in [6.07, 6.45) is -3.93. The third kappa shape index (κ3) is 2.68. The van der Waals surface area contributed by atoms with Gasteiger partial charge < -0.3 is 14.6 Å². The lowest BCUT2D eigenvalue weighted by Crippen LogP contribution is -2.58. The quantitative estimate of drug-likeness (QED) is 0.927. The number of alkyl halides is 3. The van der Waals surface area contributed by atoms with Crippen LogP contribution < -0.4 is 4.74 Å². The first-order valence-corrected chi connectivity index (χ1v) is 6.61. The van der Waals surface area contributed by atoms with E-state index < -0.39 is 29.9 Å². The third-order valence-corrected chi connectivity index (χ3v) is 3.38. The van der Waals surface area contributed by atoms with E-state index in [4.69, 9.17) is 9.47 Å². The SMILES string of the molecule is CCOCC1(C(F)(F)F)Oc2ccc(C)cc2C=C1C(=O)O. The van der Waals surface area contributed by atoms with Crippen LogP contribution in [0, 0.1) is 6.92 Å². The second-order valence-electron chi connectivity index (χ2n) is 4.97. The van der Waals surface area contributed by atoms with Crippen LogP contribution in [0.2, 0.25) is 0 Å². The zero-order valence-corrected chi connectivity index (χ0v) is 12.0. The molecule has 0 aliphatic carbocycles. The van der Waals surface area contributed by atoms with Crippen LogP contribution >= 0.6 is 0 Å². The Labute approximate surface area is 125 Å². The Kier molecular flexibility index (Phi) is 4.19. The predicted octanol–water partition coefficient (Wildman–Crippen LogP) is 3.19. The molecule has 0 saturated carbocycles. The van der Waals surface area contributed by atoms with E-state index >= 15 is 0 Å². The molecule has 0 aromatic heterocycles. The van der Waals surface area contributed by atoms with Gasteiger partial charge in [0.15, 0.2) is 0 Å². The van der Waals surface area contributed by atoms with Gasteiger partial charge >= 0.3 is 12.1 Å². The molecular formula is C15H15F3O4. The lowest BCUT2D eigenvalue weighted by Gasteiger charge is -2.39. The largest absolute Gasteiger partial charge is 0.478 e. The highest BCUT2D eigenvalue weighted by Gasteiger charge is 2.63. The summed E-state index contributed by atoms with van der Waals surface area (Å²) in [5, 5.41) is 9.23. The maximum absolute atomic E-state index is 13.6. The highest BCUT2D eigenvalue weighted by Crippen LogP contribution is 2.45. The first kappa shape index (κ1) is 16.4. The molecule has 0 saturated heterocycles. The van der Waals surface area contributed by atoms with Gasteiger partial charge in [0.2, 0.25) is 0 Å². The summed E-state index contributed by atoms with van der Waals surface area (Å²) in [5.74, 6) is -1.71. The van der Waals surface area contributed by atoms with Crippen molar-refractivity contribution in [1.82, 2.24) is 0 Å². The molecule has 1 aromatic carbocycles. The van der Waals surface area contributed by atoms with Crippen LogP contribution in [0.15, 0.2) is 23.8 Å². The Hall–Kier alpha value is -2.02. The van der Waals surface area contributed by atoms with Crippen molar-refractivity contribution in [2.75, 3.05) is 13.2 Å². The first-order chi connectivity index (χ1) is 10.2. The molecule has 22 heavy (non-hydrogen) atoms. The molecule has 1 aromatic rings. The fourth-order valence-electron chi connectivity index (χ4n) is 2.27. The van der Waals surface area contributed by atoms with Gasteiger partial charge in [-0.25, -0.2) is 4.79 Å². The molecule has 1 aliphatic rings. The summed E-state index contributed by atoms with van der Waals surface area (Å²) in [6.45, 7) is 2.36. The number of hydrogen-bond donors (Lipinski definition) is 1. The van der Waals surface area contributed by atoms with Gasteiger partial charge in [-0.1, -0.05) is 11.6 Å². The molecule has 0 spiro atoms. The molecule has 0 bridgehead atoms. The first-order valence-electron chi connectivity index (χ1n) is 6.61. The molecule has 1 unspecified atom stereocenters. The summed E-state index contributed by atoms with van der Waals surface area (Å²) in [7, 11) is 0. The molecule has 2 rings (SSSR count). The monoisotopic (exact) mass is 316 g/mol. The number of aryl methyl sites for hydroxylation is 1. The molecular weight excluding hydrogens is 301 g/mol. The Morgan fingerprint density at radius 3 is 2.64 bits per heavy atom. The fraction of sp³-hybridized carbons (Fsp3) is 0.400. The Morgan fingerprint density at radius 1 is 1.41 bits per heavy atom. The van der Waals surface area contributed by atoms with E-state index in [-0.39, 0.29) is 12.4 Å². The van der Waals surface area contributed by atoms with Gasteiger partial charge in [0.05, 0.1) is 5.57 Å². The van der Waals surface area contributed by atoms with Gasteiger partial charge in [0.25, 0.3) is 5.60 Å². The summed E-state index contributed by atoms with van der Waals surface area (Å²) in [6, 6.07) is 4.56. The predicted molar refractivity (Wildman–Crippen MR) is 72.7 cm³/mol. The van der Waals surface area contributed by atoms with Crippen molar-refractivity contribution in [3.63, 3.8) is 0 Å². The maximum atomic E-state index is 13.6. The topological polar surface area (TPSA) is 55.8 Å². The van der Waals surface area contributed by atoms with Crippen molar-refractivity contribution in [2.24, 2.45) is 0 Å². The van der Waals surface area contributed by atoms with E-state index in [2.05, 4.69) is 0 Å². The van der Waals surface area contributed by atoms with Gasteiger partial charge in [-0.15, -0.1) is 0 Å². The zero-order valence-electron chi connectivity index (χ0n) is 12.0. The molecule has 7 heteroatoms.